The Balaban J connectivity index is 1.59. The Morgan fingerprint density at radius 1 is 1.25 bits per heavy atom. The van der Waals surface area contributed by atoms with Gasteiger partial charge in [-0.15, -0.1) is 11.3 Å². The summed E-state index contributed by atoms with van der Waals surface area (Å²) in [6.45, 7) is 4.12. The molecule has 3 heteroatoms. The van der Waals surface area contributed by atoms with Crippen molar-refractivity contribution in [1.29, 1.82) is 0 Å². The Morgan fingerprint density at radius 2 is 2.10 bits per heavy atom. The zero-order valence-electron chi connectivity index (χ0n) is 11.8. The minimum Gasteiger partial charge on any atom is -0.373 e. The highest BCUT2D eigenvalue weighted by molar-refractivity contribution is 7.10. The molecule has 0 aliphatic carbocycles. The van der Waals surface area contributed by atoms with Gasteiger partial charge in [-0.2, -0.15) is 0 Å². The maximum atomic E-state index is 5.94. The zero-order chi connectivity index (χ0) is 13.8. The van der Waals surface area contributed by atoms with Gasteiger partial charge in [-0.25, -0.2) is 0 Å². The van der Waals surface area contributed by atoms with E-state index < -0.39 is 0 Å². The van der Waals surface area contributed by atoms with Crippen molar-refractivity contribution in [2.45, 2.75) is 25.5 Å². The lowest BCUT2D eigenvalue weighted by Crippen LogP contribution is -2.27. The van der Waals surface area contributed by atoms with Crippen molar-refractivity contribution in [3.05, 3.63) is 58.3 Å². The summed E-state index contributed by atoms with van der Waals surface area (Å²) in [5.41, 5.74) is 1.31. The molecule has 2 heterocycles. The lowest BCUT2D eigenvalue weighted by molar-refractivity contribution is 0.0900. The molecule has 1 N–H and O–H groups in total. The van der Waals surface area contributed by atoms with Gasteiger partial charge in [-0.05, 0) is 30.4 Å². The van der Waals surface area contributed by atoms with Crippen LogP contribution in [0.1, 0.15) is 35.9 Å². The molecule has 0 saturated carbocycles. The van der Waals surface area contributed by atoms with Gasteiger partial charge in [0.1, 0.15) is 0 Å². The number of hydrogen-bond donors (Lipinski definition) is 1. The molecule has 0 amide bonds. The fraction of sp³-hybridized carbons (Fsp3) is 0.412. The maximum Gasteiger partial charge on any atom is 0.0866 e. The van der Waals surface area contributed by atoms with E-state index in [9.17, 15) is 0 Å². The molecule has 0 bridgehead atoms. The minimum absolute atomic E-state index is 0.249. The normalized spacial score (nSPS) is 23.9. The number of rotatable bonds is 5. The van der Waals surface area contributed by atoms with Gasteiger partial charge in [-0.1, -0.05) is 36.4 Å². The molecule has 1 aromatic carbocycles. The van der Waals surface area contributed by atoms with Gasteiger partial charge in [0, 0.05) is 30.0 Å². The first-order valence-corrected chi connectivity index (χ1v) is 8.16. The summed E-state index contributed by atoms with van der Waals surface area (Å²) in [5, 5.41) is 5.79. The van der Waals surface area contributed by atoms with Crippen molar-refractivity contribution >= 4 is 11.3 Å². The van der Waals surface area contributed by atoms with Crippen LogP contribution < -0.4 is 5.32 Å². The fourth-order valence-corrected chi connectivity index (χ4v) is 3.58. The molecule has 106 valence electrons. The monoisotopic (exact) mass is 287 g/mol. The molecule has 3 atom stereocenters. The lowest BCUT2D eigenvalue weighted by Gasteiger charge is -2.21. The molecule has 0 radical (unpaired) electrons. The van der Waals surface area contributed by atoms with Gasteiger partial charge in [0.2, 0.25) is 0 Å². The first kappa shape index (κ1) is 13.8. The summed E-state index contributed by atoms with van der Waals surface area (Å²) >= 11 is 1.82. The van der Waals surface area contributed by atoms with Crippen LogP contribution in [-0.2, 0) is 4.74 Å². The van der Waals surface area contributed by atoms with E-state index in [-0.39, 0.29) is 6.10 Å². The second-order valence-corrected chi connectivity index (χ2v) is 6.38. The molecule has 0 unspecified atom stereocenters. The van der Waals surface area contributed by atoms with Gasteiger partial charge in [0.15, 0.2) is 0 Å². The average Bonchev–Trinajstić information content (AvgIpc) is 3.17. The summed E-state index contributed by atoms with van der Waals surface area (Å²) in [7, 11) is 0. The molecule has 20 heavy (non-hydrogen) atoms. The van der Waals surface area contributed by atoms with Crippen LogP contribution in [-0.4, -0.2) is 13.2 Å². The van der Waals surface area contributed by atoms with Crippen LogP contribution in [0, 0.1) is 5.92 Å². The molecule has 1 fully saturated rings. The van der Waals surface area contributed by atoms with Gasteiger partial charge in [0.05, 0.1) is 6.10 Å². The van der Waals surface area contributed by atoms with Crippen LogP contribution in [0.15, 0.2) is 47.8 Å². The van der Waals surface area contributed by atoms with Crippen molar-refractivity contribution in [3.8, 4) is 0 Å². The molecule has 1 saturated heterocycles. The Bertz CT molecular complexity index is 511. The highest BCUT2D eigenvalue weighted by atomic mass is 32.1. The molecule has 0 spiro atoms. The van der Waals surface area contributed by atoms with Gasteiger partial charge >= 0.3 is 0 Å². The SMILES string of the molecule is C[C@H](NC[C@@H]1CCO[C@@H]1c1ccccc1)c1cccs1. The maximum absolute atomic E-state index is 5.94. The Hall–Kier alpha value is -1.16. The highest BCUT2D eigenvalue weighted by Crippen LogP contribution is 2.34. The van der Waals surface area contributed by atoms with Crippen molar-refractivity contribution < 1.29 is 4.74 Å². The summed E-state index contributed by atoms with van der Waals surface area (Å²) in [4.78, 5) is 1.40. The fourth-order valence-electron chi connectivity index (χ4n) is 2.82. The quantitative estimate of drug-likeness (QED) is 0.891. The number of thiophene rings is 1. The second-order valence-electron chi connectivity index (χ2n) is 5.40. The molecule has 2 nitrogen and oxygen atoms in total. The lowest BCUT2D eigenvalue weighted by atomic mass is 9.95. The van der Waals surface area contributed by atoms with Crippen molar-refractivity contribution in [3.63, 3.8) is 0 Å². The summed E-state index contributed by atoms with van der Waals surface area (Å²) in [5.74, 6) is 0.569. The molecule has 1 aromatic heterocycles. The van der Waals surface area contributed by atoms with Gasteiger partial charge < -0.3 is 10.1 Å². The van der Waals surface area contributed by atoms with Crippen LogP contribution in [0.3, 0.4) is 0 Å². The predicted octanol–water partition coefficient (Wildman–Crippen LogP) is 4.18. The van der Waals surface area contributed by atoms with E-state index in [4.69, 9.17) is 4.74 Å². The van der Waals surface area contributed by atoms with Gasteiger partial charge in [0.25, 0.3) is 0 Å². The van der Waals surface area contributed by atoms with E-state index in [0.717, 1.165) is 19.6 Å². The van der Waals surface area contributed by atoms with Gasteiger partial charge in [-0.3, -0.25) is 0 Å². The van der Waals surface area contributed by atoms with Crippen molar-refractivity contribution in [1.82, 2.24) is 5.32 Å². The van der Waals surface area contributed by atoms with E-state index in [2.05, 4.69) is 60.1 Å². The smallest absolute Gasteiger partial charge is 0.0866 e. The average molecular weight is 287 g/mol. The molecule has 1 aliphatic heterocycles. The van der Waals surface area contributed by atoms with E-state index in [0.29, 0.717) is 12.0 Å². The Labute approximate surface area is 124 Å². The molecular weight excluding hydrogens is 266 g/mol. The van der Waals surface area contributed by atoms with Crippen LogP contribution in [0.5, 0.6) is 0 Å². The zero-order valence-corrected chi connectivity index (χ0v) is 12.6. The first-order valence-electron chi connectivity index (χ1n) is 7.28. The summed E-state index contributed by atoms with van der Waals surface area (Å²) < 4.78 is 5.94. The summed E-state index contributed by atoms with van der Waals surface area (Å²) in [6, 6.07) is 15.3. The standard InChI is InChI=1S/C17H21NOS/c1-13(16-8-5-11-20-16)18-12-15-9-10-19-17(15)14-6-3-2-4-7-14/h2-8,11,13,15,17-18H,9-10,12H2,1H3/t13-,15-,17+/m0/s1. The van der Waals surface area contributed by atoms with Crippen LogP contribution in [0.2, 0.25) is 0 Å². The predicted molar refractivity (Wildman–Crippen MR) is 84.0 cm³/mol. The van der Waals surface area contributed by atoms with Crippen molar-refractivity contribution in [2.24, 2.45) is 5.92 Å². The topological polar surface area (TPSA) is 21.3 Å². The highest BCUT2D eigenvalue weighted by Gasteiger charge is 2.29. The summed E-state index contributed by atoms with van der Waals surface area (Å²) in [6.07, 6.45) is 1.39. The Morgan fingerprint density at radius 3 is 2.85 bits per heavy atom. The number of benzene rings is 1. The second kappa shape index (κ2) is 6.53. The van der Waals surface area contributed by atoms with E-state index >= 15 is 0 Å². The molecule has 2 aromatic rings. The van der Waals surface area contributed by atoms with Crippen LogP contribution in [0.25, 0.3) is 0 Å². The van der Waals surface area contributed by atoms with Crippen molar-refractivity contribution in [2.75, 3.05) is 13.2 Å². The van der Waals surface area contributed by atoms with Crippen LogP contribution in [0.4, 0.5) is 0 Å². The largest absolute Gasteiger partial charge is 0.373 e. The third kappa shape index (κ3) is 3.11. The molecular formula is C17H21NOS. The van der Waals surface area contributed by atoms with E-state index in [1.807, 2.05) is 11.3 Å². The third-order valence-electron chi connectivity index (χ3n) is 4.00. The molecule has 1 aliphatic rings. The minimum atomic E-state index is 0.249. The number of ether oxygens (including phenoxy) is 1. The third-order valence-corrected chi connectivity index (χ3v) is 5.05. The van der Waals surface area contributed by atoms with E-state index in [1.54, 1.807) is 0 Å². The van der Waals surface area contributed by atoms with E-state index in [1.165, 1.54) is 10.4 Å². The first-order chi connectivity index (χ1) is 9.84. The Kier molecular flexibility index (Phi) is 4.51. The number of hydrogen-bond acceptors (Lipinski definition) is 3. The molecule has 3 rings (SSSR count). The van der Waals surface area contributed by atoms with Crippen LogP contribution >= 0.6 is 11.3 Å². The number of nitrogens with one attached hydrogen (secondary N) is 1.